The van der Waals surface area contributed by atoms with E-state index in [1.165, 1.54) is 0 Å². The van der Waals surface area contributed by atoms with Gasteiger partial charge in [-0.05, 0) is 40.2 Å². The van der Waals surface area contributed by atoms with Crippen LogP contribution in [-0.4, -0.2) is 41.9 Å². The topological polar surface area (TPSA) is 65.1 Å². The van der Waals surface area contributed by atoms with Crippen LogP contribution in [0.1, 0.15) is 46.2 Å². The molecular weight excluding hydrogens is 334 g/mol. The molecular formula is C20H27NO5. The summed E-state index contributed by atoms with van der Waals surface area (Å²) < 4.78 is 10.9. The van der Waals surface area contributed by atoms with Crippen molar-refractivity contribution in [1.29, 1.82) is 0 Å². The number of hydrogen-bond acceptors (Lipinski definition) is 6. The van der Waals surface area contributed by atoms with E-state index in [1.54, 1.807) is 5.06 Å². The first kappa shape index (κ1) is 18.9. The summed E-state index contributed by atoms with van der Waals surface area (Å²) in [4.78, 5) is 30.6. The summed E-state index contributed by atoms with van der Waals surface area (Å²) in [5, 5.41) is 1.71. The number of carbonyl (C=O) groups is 2. The van der Waals surface area contributed by atoms with Gasteiger partial charge in [0, 0.05) is 0 Å². The van der Waals surface area contributed by atoms with Crippen LogP contribution >= 0.6 is 0 Å². The minimum atomic E-state index is -0.581. The summed E-state index contributed by atoms with van der Waals surface area (Å²) in [6.07, 6.45) is -0.683. The minimum absolute atomic E-state index is 0.107. The Morgan fingerprint density at radius 3 is 2.54 bits per heavy atom. The maximum Gasteiger partial charge on any atom is 0.326 e. The summed E-state index contributed by atoms with van der Waals surface area (Å²) in [6.45, 7) is 9.39. The fraction of sp³-hybridized carbons (Fsp3) is 0.600. The molecule has 0 aliphatic carbocycles. The molecule has 3 rings (SSSR count). The zero-order chi connectivity index (χ0) is 19.1. The van der Waals surface area contributed by atoms with Gasteiger partial charge in [0.15, 0.2) is 0 Å². The van der Waals surface area contributed by atoms with Crippen molar-refractivity contribution in [2.75, 3.05) is 6.61 Å². The predicted molar refractivity (Wildman–Crippen MR) is 94.8 cm³/mol. The van der Waals surface area contributed by atoms with E-state index in [0.29, 0.717) is 0 Å². The van der Waals surface area contributed by atoms with Gasteiger partial charge in [0.1, 0.15) is 24.9 Å². The number of esters is 2. The summed E-state index contributed by atoms with van der Waals surface area (Å²) >= 11 is 0. The molecule has 0 saturated carbocycles. The van der Waals surface area contributed by atoms with Crippen LogP contribution in [0.3, 0.4) is 0 Å². The fourth-order valence-corrected chi connectivity index (χ4v) is 3.54. The predicted octanol–water partition coefficient (Wildman–Crippen LogP) is 2.88. The number of cyclic esters (lactones) is 1. The second-order valence-corrected chi connectivity index (χ2v) is 8.10. The molecule has 1 aromatic rings. The minimum Gasteiger partial charge on any atom is -0.462 e. The molecule has 142 valence electrons. The van der Waals surface area contributed by atoms with Crippen LogP contribution in [-0.2, 0) is 23.9 Å². The van der Waals surface area contributed by atoms with Crippen LogP contribution in [0, 0.1) is 11.3 Å². The lowest BCUT2D eigenvalue weighted by atomic mass is 9.92. The van der Waals surface area contributed by atoms with Crippen molar-refractivity contribution in [1.82, 2.24) is 5.06 Å². The maximum atomic E-state index is 12.4. The molecule has 0 bridgehead atoms. The van der Waals surface area contributed by atoms with Gasteiger partial charge in [-0.15, -0.1) is 0 Å². The van der Waals surface area contributed by atoms with Gasteiger partial charge in [-0.3, -0.25) is 14.4 Å². The summed E-state index contributed by atoms with van der Waals surface area (Å²) in [5.41, 5.74) is 0.466. The molecule has 0 radical (unpaired) electrons. The molecule has 5 atom stereocenters. The van der Waals surface area contributed by atoms with Crippen LogP contribution in [0.4, 0.5) is 0 Å². The first-order valence-corrected chi connectivity index (χ1v) is 9.08. The molecule has 2 aliphatic heterocycles. The van der Waals surface area contributed by atoms with Crippen molar-refractivity contribution in [3.63, 3.8) is 0 Å². The number of rotatable bonds is 4. The van der Waals surface area contributed by atoms with Gasteiger partial charge in [0.05, 0.1) is 17.4 Å². The van der Waals surface area contributed by atoms with Gasteiger partial charge in [-0.25, -0.2) is 0 Å². The Balaban J connectivity index is 1.78. The third-order valence-corrected chi connectivity index (χ3v) is 5.07. The molecule has 0 N–H and O–H groups in total. The number of fused-ring (bicyclic) bond motifs is 1. The van der Waals surface area contributed by atoms with E-state index < -0.39 is 17.6 Å². The summed E-state index contributed by atoms with van der Waals surface area (Å²) in [5.74, 6) is -0.735. The lowest BCUT2D eigenvalue weighted by molar-refractivity contribution is -0.212. The molecule has 0 spiro atoms. The molecule has 2 heterocycles. The van der Waals surface area contributed by atoms with Crippen LogP contribution in [0.15, 0.2) is 30.3 Å². The van der Waals surface area contributed by atoms with Crippen molar-refractivity contribution in [2.24, 2.45) is 11.3 Å². The zero-order valence-corrected chi connectivity index (χ0v) is 16.0. The Bertz CT molecular complexity index is 669. The van der Waals surface area contributed by atoms with Gasteiger partial charge in [-0.1, -0.05) is 30.3 Å². The number of benzene rings is 1. The Morgan fingerprint density at radius 2 is 1.92 bits per heavy atom. The Labute approximate surface area is 154 Å². The third kappa shape index (κ3) is 3.48. The number of hydroxylamine groups is 2. The van der Waals surface area contributed by atoms with Crippen LogP contribution in [0.2, 0.25) is 0 Å². The highest BCUT2D eigenvalue weighted by molar-refractivity contribution is 5.79. The lowest BCUT2D eigenvalue weighted by Gasteiger charge is -2.27. The highest BCUT2D eigenvalue weighted by Gasteiger charge is 2.57. The molecule has 2 aliphatic rings. The second kappa shape index (κ2) is 7.00. The second-order valence-electron chi connectivity index (χ2n) is 8.10. The highest BCUT2D eigenvalue weighted by Crippen LogP contribution is 2.42. The van der Waals surface area contributed by atoms with E-state index >= 15 is 0 Å². The maximum absolute atomic E-state index is 12.4. The average Bonchev–Trinajstić information content (AvgIpc) is 3.11. The molecule has 2 saturated heterocycles. The number of hydrogen-bond donors (Lipinski definition) is 0. The number of nitrogens with zero attached hydrogens (tertiary/aromatic N) is 1. The summed E-state index contributed by atoms with van der Waals surface area (Å²) in [6, 6.07) is 9.25. The van der Waals surface area contributed by atoms with Crippen molar-refractivity contribution in [2.45, 2.75) is 58.9 Å². The quantitative estimate of drug-likeness (QED) is 0.769. The van der Waals surface area contributed by atoms with Crippen molar-refractivity contribution in [3.05, 3.63) is 35.9 Å². The third-order valence-electron chi connectivity index (χ3n) is 5.07. The van der Waals surface area contributed by atoms with Gasteiger partial charge in [-0.2, -0.15) is 5.06 Å². The molecule has 26 heavy (non-hydrogen) atoms. The van der Waals surface area contributed by atoms with E-state index in [-0.39, 0.29) is 36.6 Å². The standard InChI is InChI=1S/C20H27NO5/c1-12(14-9-7-6-8-10-14)21-17-16(13(2)25-18(17)22)15(26-21)11-24-19(23)20(3,4)5/h6-10,12-13,15-17H,11H2,1-5H3/t12-,13-,15-,16-,17+/m0/s1. The number of carbonyl (C=O) groups excluding carboxylic acids is 2. The summed E-state index contributed by atoms with van der Waals surface area (Å²) in [7, 11) is 0. The van der Waals surface area contributed by atoms with Gasteiger partial charge in [0.25, 0.3) is 0 Å². The SMILES string of the molecule is C[C@@H]1OC(=O)[C@H]2[C@@H]1[C@H](COC(=O)C(C)(C)C)ON2[C@@H](C)c1ccccc1. The van der Waals surface area contributed by atoms with Gasteiger partial charge < -0.3 is 9.47 Å². The van der Waals surface area contributed by atoms with E-state index in [1.807, 2.05) is 65.0 Å². The molecule has 0 aromatic heterocycles. The Kier molecular flexibility index (Phi) is 5.08. The highest BCUT2D eigenvalue weighted by atomic mass is 16.7. The van der Waals surface area contributed by atoms with Crippen molar-refractivity contribution < 1.29 is 23.9 Å². The molecule has 0 unspecified atom stereocenters. The molecule has 6 nitrogen and oxygen atoms in total. The van der Waals surface area contributed by atoms with Gasteiger partial charge >= 0.3 is 11.9 Å². The first-order valence-electron chi connectivity index (χ1n) is 9.08. The zero-order valence-electron chi connectivity index (χ0n) is 16.0. The van der Waals surface area contributed by atoms with E-state index in [9.17, 15) is 9.59 Å². The number of ether oxygens (including phenoxy) is 2. The molecule has 0 amide bonds. The lowest BCUT2D eigenvalue weighted by Crippen LogP contribution is -2.37. The van der Waals surface area contributed by atoms with Gasteiger partial charge in [0.2, 0.25) is 0 Å². The van der Waals surface area contributed by atoms with Crippen LogP contribution in [0.25, 0.3) is 0 Å². The molecule has 2 fully saturated rings. The normalized spacial score (nSPS) is 30.0. The van der Waals surface area contributed by atoms with Crippen LogP contribution < -0.4 is 0 Å². The molecule has 1 aromatic carbocycles. The van der Waals surface area contributed by atoms with Crippen molar-refractivity contribution >= 4 is 11.9 Å². The first-order chi connectivity index (χ1) is 12.2. The van der Waals surface area contributed by atoms with Crippen molar-refractivity contribution in [3.8, 4) is 0 Å². The van der Waals surface area contributed by atoms with E-state index in [0.717, 1.165) is 5.56 Å². The van der Waals surface area contributed by atoms with Crippen LogP contribution in [0.5, 0.6) is 0 Å². The average molecular weight is 361 g/mol. The monoisotopic (exact) mass is 361 g/mol. The smallest absolute Gasteiger partial charge is 0.326 e. The molecule has 6 heteroatoms. The Hall–Kier alpha value is -1.92. The largest absolute Gasteiger partial charge is 0.462 e. The fourth-order valence-electron chi connectivity index (χ4n) is 3.54. The Morgan fingerprint density at radius 1 is 1.27 bits per heavy atom. The van der Waals surface area contributed by atoms with E-state index in [2.05, 4.69) is 0 Å². The van der Waals surface area contributed by atoms with E-state index in [4.69, 9.17) is 14.3 Å².